The van der Waals surface area contributed by atoms with Gasteiger partial charge in [0.15, 0.2) is 0 Å². The molecular formula is C10H15Cl2N3O2S. The predicted octanol–water partition coefficient (Wildman–Crippen LogP) is 1.19. The fourth-order valence-electron chi connectivity index (χ4n) is 1.78. The van der Waals surface area contributed by atoms with Crippen molar-refractivity contribution in [2.75, 3.05) is 13.1 Å². The van der Waals surface area contributed by atoms with E-state index in [0.29, 0.717) is 11.6 Å². The van der Waals surface area contributed by atoms with Crippen molar-refractivity contribution in [2.45, 2.75) is 23.8 Å². The normalized spacial score (nSPS) is 20.2. The molecule has 5 nitrogen and oxygen atoms in total. The molecule has 1 unspecified atom stereocenters. The second-order valence-electron chi connectivity index (χ2n) is 4.00. The maximum atomic E-state index is 12.0. The van der Waals surface area contributed by atoms with Crippen LogP contribution in [0.25, 0.3) is 0 Å². The van der Waals surface area contributed by atoms with Crippen molar-refractivity contribution in [3.8, 4) is 0 Å². The Kier molecular flexibility index (Phi) is 5.81. The SMILES string of the molecule is Cl.O=S(=O)(NC1CCCNC1)c1cncc(Cl)c1. The second-order valence-corrected chi connectivity index (χ2v) is 6.15. The topological polar surface area (TPSA) is 71.1 Å². The van der Waals surface area contributed by atoms with E-state index in [4.69, 9.17) is 11.6 Å². The zero-order valence-electron chi connectivity index (χ0n) is 9.60. The smallest absolute Gasteiger partial charge is 0.242 e. The highest BCUT2D eigenvalue weighted by Gasteiger charge is 2.21. The Morgan fingerprint density at radius 1 is 1.44 bits per heavy atom. The molecule has 102 valence electrons. The summed E-state index contributed by atoms with van der Waals surface area (Å²) in [5.41, 5.74) is 0. The molecule has 1 fully saturated rings. The molecule has 0 bridgehead atoms. The first-order chi connectivity index (χ1) is 8.08. The number of nitrogens with one attached hydrogen (secondary N) is 2. The van der Waals surface area contributed by atoms with Crippen LogP contribution in [0.2, 0.25) is 5.02 Å². The number of aromatic nitrogens is 1. The van der Waals surface area contributed by atoms with Crippen molar-refractivity contribution in [1.29, 1.82) is 0 Å². The maximum Gasteiger partial charge on any atom is 0.242 e. The molecule has 0 aliphatic carbocycles. The molecule has 1 aromatic rings. The molecule has 1 aliphatic rings. The van der Waals surface area contributed by atoms with Crippen molar-refractivity contribution in [1.82, 2.24) is 15.0 Å². The number of halogens is 2. The van der Waals surface area contributed by atoms with E-state index in [1.165, 1.54) is 18.5 Å². The number of hydrogen-bond donors (Lipinski definition) is 2. The van der Waals surface area contributed by atoms with Crippen molar-refractivity contribution < 1.29 is 8.42 Å². The van der Waals surface area contributed by atoms with Gasteiger partial charge in [0.05, 0.1) is 5.02 Å². The van der Waals surface area contributed by atoms with Crippen LogP contribution < -0.4 is 10.0 Å². The summed E-state index contributed by atoms with van der Waals surface area (Å²) in [4.78, 5) is 3.88. The first-order valence-corrected chi connectivity index (χ1v) is 7.28. The van der Waals surface area contributed by atoms with Crippen LogP contribution in [-0.2, 0) is 10.0 Å². The van der Waals surface area contributed by atoms with E-state index in [2.05, 4.69) is 15.0 Å². The Labute approximate surface area is 118 Å². The van der Waals surface area contributed by atoms with Crippen LogP contribution >= 0.6 is 24.0 Å². The van der Waals surface area contributed by atoms with Gasteiger partial charge in [-0.1, -0.05) is 11.6 Å². The van der Waals surface area contributed by atoms with Gasteiger partial charge in [-0.2, -0.15) is 0 Å². The van der Waals surface area contributed by atoms with Crippen LogP contribution in [0.1, 0.15) is 12.8 Å². The minimum absolute atomic E-state index is 0. The van der Waals surface area contributed by atoms with Crippen LogP contribution in [-0.4, -0.2) is 32.5 Å². The first kappa shape index (κ1) is 15.7. The minimum atomic E-state index is -3.52. The van der Waals surface area contributed by atoms with E-state index >= 15 is 0 Å². The van der Waals surface area contributed by atoms with Crippen molar-refractivity contribution in [2.24, 2.45) is 0 Å². The zero-order chi connectivity index (χ0) is 12.3. The van der Waals surface area contributed by atoms with Crippen molar-refractivity contribution in [3.05, 3.63) is 23.5 Å². The third-order valence-corrected chi connectivity index (χ3v) is 4.30. The third kappa shape index (κ3) is 4.07. The Hall–Kier alpha value is -0.400. The lowest BCUT2D eigenvalue weighted by Crippen LogP contribution is -2.45. The van der Waals surface area contributed by atoms with Crippen molar-refractivity contribution >= 4 is 34.0 Å². The highest BCUT2D eigenvalue weighted by Crippen LogP contribution is 2.14. The molecule has 2 N–H and O–H groups in total. The average molecular weight is 312 g/mol. The molecular weight excluding hydrogens is 297 g/mol. The van der Waals surface area contributed by atoms with Gasteiger partial charge in [0.25, 0.3) is 0 Å². The lowest BCUT2D eigenvalue weighted by molar-refractivity contribution is 0.428. The summed E-state index contributed by atoms with van der Waals surface area (Å²) in [6, 6.07) is 1.33. The lowest BCUT2D eigenvalue weighted by Gasteiger charge is -2.23. The number of sulfonamides is 1. The van der Waals surface area contributed by atoms with Gasteiger partial charge in [-0.3, -0.25) is 4.98 Å². The number of hydrogen-bond acceptors (Lipinski definition) is 4. The highest BCUT2D eigenvalue weighted by molar-refractivity contribution is 7.89. The summed E-state index contributed by atoms with van der Waals surface area (Å²) >= 11 is 5.73. The van der Waals surface area contributed by atoms with Gasteiger partial charge in [-0.25, -0.2) is 13.1 Å². The fourth-order valence-corrected chi connectivity index (χ4v) is 3.28. The molecule has 8 heteroatoms. The molecule has 1 aliphatic heterocycles. The Bertz CT molecular complexity index is 490. The average Bonchev–Trinajstić information content (AvgIpc) is 2.30. The van der Waals surface area contributed by atoms with Gasteiger partial charge in [0.2, 0.25) is 10.0 Å². The van der Waals surface area contributed by atoms with Crippen LogP contribution in [0.5, 0.6) is 0 Å². The molecule has 1 atom stereocenters. The number of rotatable bonds is 3. The predicted molar refractivity (Wildman–Crippen MR) is 72.7 cm³/mol. The molecule has 2 rings (SSSR count). The molecule has 0 saturated carbocycles. The molecule has 2 heterocycles. The minimum Gasteiger partial charge on any atom is -0.315 e. The van der Waals surface area contributed by atoms with Gasteiger partial charge >= 0.3 is 0 Å². The fraction of sp³-hybridized carbons (Fsp3) is 0.500. The number of piperidine rings is 1. The first-order valence-electron chi connectivity index (χ1n) is 5.41. The summed E-state index contributed by atoms with van der Waals surface area (Å²) in [6.45, 7) is 1.60. The highest BCUT2D eigenvalue weighted by atomic mass is 35.5. The Morgan fingerprint density at radius 3 is 2.83 bits per heavy atom. The number of nitrogens with zero attached hydrogens (tertiary/aromatic N) is 1. The van der Waals surface area contributed by atoms with Gasteiger partial charge in [0.1, 0.15) is 4.90 Å². The van der Waals surface area contributed by atoms with Crippen LogP contribution in [0, 0.1) is 0 Å². The summed E-state index contributed by atoms with van der Waals surface area (Å²) in [5.74, 6) is 0. The number of pyridine rings is 1. The quantitative estimate of drug-likeness (QED) is 0.879. The maximum absolute atomic E-state index is 12.0. The molecule has 0 aromatic carbocycles. The van der Waals surface area contributed by atoms with E-state index in [1.807, 2.05) is 0 Å². The monoisotopic (exact) mass is 311 g/mol. The summed E-state index contributed by atoms with van der Waals surface area (Å²) in [7, 11) is -3.52. The standard InChI is InChI=1S/C10H14ClN3O2S.ClH/c11-8-4-10(7-13-5-8)17(15,16)14-9-2-1-3-12-6-9;/h4-5,7,9,12,14H,1-3,6H2;1H. The largest absolute Gasteiger partial charge is 0.315 e. The summed E-state index contributed by atoms with van der Waals surface area (Å²) in [6.07, 6.45) is 4.52. The molecule has 1 aromatic heterocycles. The van der Waals surface area contributed by atoms with E-state index in [-0.39, 0.29) is 23.3 Å². The zero-order valence-corrected chi connectivity index (χ0v) is 12.0. The Balaban J connectivity index is 0.00000162. The molecule has 1 saturated heterocycles. The van der Waals surface area contributed by atoms with Crippen LogP contribution in [0.15, 0.2) is 23.4 Å². The molecule has 0 radical (unpaired) electrons. The van der Waals surface area contributed by atoms with Gasteiger partial charge in [0, 0.05) is 25.0 Å². The van der Waals surface area contributed by atoms with E-state index in [1.54, 1.807) is 0 Å². The van der Waals surface area contributed by atoms with Crippen LogP contribution in [0.3, 0.4) is 0 Å². The second kappa shape index (κ2) is 6.68. The van der Waals surface area contributed by atoms with Gasteiger partial charge in [-0.05, 0) is 25.5 Å². The molecule has 18 heavy (non-hydrogen) atoms. The van der Waals surface area contributed by atoms with Gasteiger partial charge < -0.3 is 5.32 Å². The Morgan fingerprint density at radius 2 is 2.22 bits per heavy atom. The summed E-state index contributed by atoms with van der Waals surface area (Å²) < 4.78 is 26.7. The summed E-state index contributed by atoms with van der Waals surface area (Å²) in [5, 5.41) is 3.47. The van der Waals surface area contributed by atoms with E-state index in [9.17, 15) is 8.42 Å². The van der Waals surface area contributed by atoms with E-state index < -0.39 is 10.0 Å². The van der Waals surface area contributed by atoms with Crippen LogP contribution in [0.4, 0.5) is 0 Å². The van der Waals surface area contributed by atoms with E-state index in [0.717, 1.165) is 19.4 Å². The van der Waals surface area contributed by atoms with Crippen molar-refractivity contribution in [3.63, 3.8) is 0 Å². The lowest BCUT2D eigenvalue weighted by atomic mass is 10.1. The third-order valence-electron chi connectivity index (χ3n) is 2.61. The molecule has 0 amide bonds. The molecule has 0 spiro atoms. The van der Waals surface area contributed by atoms with Gasteiger partial charge in [-0.15, -0.1) is 12.4 Å².